The molecule has 0 aromatic carbocycles. The third-order valence-corrected chi connectivity index (χ3v) is 4.11. The Kier molecular flexibility index (Phi) is 13.3. The van der Waals surface area contributed by atoms with Crippen LogP contribution in [0.5, 0.6) is 0 Å². The third kappa shape index (κ3) is 9.14. The normalized spacial score (nSPS) is 23.1. The summed E-state index contributed by atoms with van der Waals surface area (Å²) < 4.78 is 186. The van der Waals surface area contributed by atoms with E-state index in [2.05, 4.69) is 0 Å². The van der Waals surface area contributed by atoms with E-state index in [-0.39, 0.29) is 18.9 Å². The van der Waals surface area contributed by atoms with Gasteiger partial charge in [-0.15, -0.1) is 0 Å². The predicted octanol–water partition coefficient (Wildman–Crippen LogP) is 0.182. The van der Waals surface area contributed by atoms with Crippen molar-refractivity contribution in [3.8, 4) is 0 Å². The SMILES string of the molecule is O=S(=O)([O-])CC(F)C(F)C(F)C(F)C(F)C(F)C(F)C(F)C(F)C(F)C(F)F.[Li+]. The van der Waals surface area contributed by atoms with Gasteiger partial charge in [0.25, 0.3) is 6.43 Å². The zero-order chi connectivity index (χ0) is 22.6. The van der Waals surface area contributed by atoms with Crippen molar-refractivity contribution in [2.45, 2.75) is 68.1 Å². The molecule has 0 aliphatic carbocycles. The monoisotopic (exact) mass is 472 g/mol. The van der Waals surface area contributed by atoms with Gasteiger partial charge in [0.1, 0.15) is 6.17 Å². The predicted molar refractivity (Wildman–Crippen MR) is 69.5 cm³/mol. The van der Waals surface area contributed by atoms with Crippen LogP contribution in [0.25, 0.3) is 0 Å². The summed E-state index contributed by atoms with van der Waals surface area (Å²) in [5, 5.41) is 0. The van der Waals surface area contributed by atoms with E-state index in [9.17, 15) is 65.7 Å². The molecule has 0 aromatic rings. The molecule has 0 aliphatic heterocycles. The van der Waals surface area contributed by atoms with Crippen molar-refractivity contribution in [1.82, 2.24) is 0 Å². The van der Waals surface area contributed by atoms with Crippen LogP contribution >= 0.6 is 0 Å². The van der Waals surface area contributed by atoms with E-state index >= 15 is 0 Å². The number of halogens is 12. The van der Waals surface area contributed by atoms with Crippen LogP contribution in [0, 0.1) is 0 Å². The maximum atomic E-state index is 13.4. The fraction of sp³-hybridized carbons (Fsp3) is 1.00. The Bertz CT molecular complexity index is 572. The zero-order valence-corrected chi connectivity index (χ0v) is 15.0. The van der Waals surface area contributed by atoms with Crippen molar-refractivity contribution in [3.63, 3.8) is 0 Å². The molecule has 170 valence electrons. The van der Waals surface area contributed by atoms with Crippen molar-refractivity contribution < 1.29 is 84.5 Å². The standard InChI is InChI=1S/C12H14F12O3S.Li/c13-2(1-28(25,26)27)3(14)4(15)5(16)6(17)7(18)8(19)9(20)10(21)11(22)12(23)24;/h2-12H,1H2,(H,25,26,27);/q;+1/p-1. The van der Waals surface area contributed by atoms with E-state index in [0.717, 1.165) is 0 Å². The van der Waals surface area contributed by atoms with E-state index < -0.39 is 84.0 Å². The minimum atomic E-state index is -5.48. The summed E-state index contributed by atoms with van der Waals surface area (Å²) in [4.78, 5) is 0. The molecule has 0 fully saturated rings. The minimum Gasteiger partial charge on any atom is -0.748 e. The van der Waals surface area contributed by atoms with Gasteiger partial charge < -0.3 is 4.55 Å². The maximum Gasteiger partial charge on any atom is 1.00 e. The average Bonchev–Trinajstić information content (AvgIpc) is 2.60. The molecule has 0 heterocycles. The molecule has 0 aliphatic rings. The van der Waals surface area contributed by atoms with E-state index in [4.69, 9.17) is 0 Å². The molecule has 0 radical (unpaired) electrons. The Morgan fingerprint density at radius 3 is 1.00 bits per heavy atom. The van der Waals surface area contributed by atoms with Crippen LogP contribution in [-0.4, -0.2) is 86.9 Å². The molecule has 10 atom stereocenters. The Hall–Kier alpha value is -0.333. The minimum absolute atomic E-state index is 0. The molecule has 0 bridgehead atoms. The Morgan fingerprint density at radius 1 is 0.517 bits per heavy atom. The molecule has 0 aromatic heterocycles. The summed E-state index contributed by atoms with van der Waals surface area (Å²) in [7, 11) is -5.48. The van der Waals surface area contributed by atoms with Crippen LogP contribution in [0.15, 0.2) is 0 Å². The fourth-order valence-corrected chi connectivity index (χ4v) is 2.43. The van der Waals surface area contributed by atoms with Gasteiger partial charge >= 0.3 is 18.9 Å². The van der Waals surface area contributed by atoms with Gasteiger partial charge in [0.15, 0.2) is 55.5 Å². The van der Waals surface area contributed by atoms with Crippen LogP contribution in [0.3, 0.4) is 0 Å². The van der Waals surface area contributed by atoms with Gasteiger partial charge in [-0.1, -0.05) is 0 Å². The van der Waals surface area contributed by atoms with Crippen molar-refractivity contribution >= 4 is 10.1 Å². The summed E-state index contributed by atoms with van der Waals surface area (Å²) in [6.45, 7) is 0. The first-order chi connectivity index (χ1) is 12.5. The van der Waals surface area contributed by atoms with Crippen molar-refractivity contribution in [1.29, 1.82) is 0 Å². The number of hydrogen-bond donors (Lipinski definition) is 0. The summed E-state index contributed by atoms with van der Waals surface area (Å²) in [6.07, 6.45) is -44.3. The molecule has 0 N–H and O–H groups in total. The van der Waals surface area contributed by atoms with Crippen LogP contribution < -0.4 is 18.9 Å². The van der Waals surface area contributed by atoms with Gasteiger partial charge in [-0.2, -0.15) is 0 Å². The van der Waals surface area contributed by atoms with Crippen molar-refractivity contribution in [3.05, 3.63) is 0 Å². The fourth-order valence-electron chi connectivity index (χ4n) is 1.85. The molecule has 29 heavy (non-hydrogen) atoms. The van der Waals surface area contributed by atoms with E-state index in [1.807, 2.05) is 0 Å². The maximum absolute atomic E-state index is 13.4. The Morgan fingerprint density at radius 2 is 0.759 bits per heavy atom. The third-order valence-electron chi connectivity index (χ3n) is 3.38. The summed E-state index contributed by atoms with van der Waals surface area (Å²) in [6, 6.07) is 0. The quantitative estimate of drug-likeness (QED) is 0.232. The molecule has 17 heteroatoms. The summed E-state index contributed by atoms with van der Waals surface area (Å²) in [5.74, 6) is -2.22. The molecule has 3 nitrogen and oxygen atoms in total. The first-order valence-electron chi connectivity index (χ1n) is 7.15. The molecule has 0 rings (SSSR count). The molecule has 0 saturated carbocycles. The first kappa shape index (κ1) is 30.9. The molecule has 0 spiro atoms. The Balaban J connectivity index is 0. The van der Waals surface area contributed by atoms with Gasteiger partial charge in [0.05, 0.1) is 15.9 Å². The molecule has 10 unspecified atom stereocenters. The van der Waals surface area contributed by atoms with Crippen LogP contribution in [0.4, 0.5) is 52.7 Å². The van der Waals surface area contributed by atoms with E-state index in [0.29, 0.717) is 0 Å². The summed E-state index contributed by atoms with van der Waals surface area (Å²) in [5.41, 5.74) is 0. The molecular weight excluding hydrogens is 459 g/mol. The number of alkyl halides is 12. The van der Waals surface area contributed by atoms with Crippen LogP contribution in [-0.2, 0) is 10.1 Å². The largest absolute Gasteiger partial charge is 1.00 e. The second-order valence-electron chi connectivity index (χ2n) is 5.57. The topological polar surface area (TPSA) is 57.2 Å². The number of hydrogen-bond acceptors (Lipinski definition) is 3. The van der Waals surface area contributed by atoms with Crippen LogP contribution in [0.1, 0.15) is 0 Å². The average molecular weight is 472 g/mol. The van der Waals surface area contributed by atoms with Crippen LogP contribution in [0.2, 0.25) is 0 Å². The second-order valence-corrected chi connectivity index (χ2v) is 7.02. The van der Waals surface area contributed by atoms with E-state index in [1.165, 1.54) is 0 Å². The molecule has 0 amide bonds. The van der Waals surface area contributed by atoms with Gasteiger partial charge in [-0.05, 0) is 0 Å². The van der Waals surface area contributed by atoms with Gasteiger partial charge in [-0.25, -0.2) is 61.1 Å². The smallest absolute Gasteiger partial charge is 0.748 e. The van der Waals surface area contributed by atoms with Gasteiger partial charge in [-0.3, -0.25) is 0 Å². The number of rotatable bonds is 12. The van der Waals surface area contributed by atoms with Crippen molar-refractivity contribution in [2.75, 3.05) is 5.75 Å². The van der Waals surface area contributed by atoms with Gasteiger partial charge in [0.2, 0.25) is 0 Å². The van der Waals surface area contributed by atoms with Gasteiger partial charge in [0, 0.05) is 0 Å². The molecule has 0 saturated heterocycles. The van der Waals surface area contributed by atoms with Crippen molar-refractivity contribution in [2.24, 2.45) is 0 Å². The molecular formula is C12H13F12LiO3S. The second kappa shape index (κ2) is 12.5. The van der Waals surface area contributed by atoms with E-state index in [1.54, 1.807) is 0 Å². The Labute approximate surface area is 169 Å². The summed E-state index contributed by atoms with van der Waals surface area (Å²) >= 11 is 0. The first-order valence-corrected chi connectivity index (χ1v) is 8.73. The zero-order valence-electron chi connectivity index (χ0n) is 14.2.